The Balaban J connectivity index is 2.20. The first-order valence-corrected chi connectivity index (χ1v) is 6.67. The first-order chi connectivity index (χ1) is 7.36. The number of unbranched alkanes of at least 4 members (excludes halogenated alkanes) is 2. The van der Waals surface area contributed by atoms with Crippen LogP contribution in [0.4, 0.5) is 5.69 Å². The molecule has 0 heterocycles. The summed E-state index contributed by atoms with van der Waals surface area (Å²) in [5, 5.41) is 3.40. The second kappa shape index (κ2) is 7.60. The van der Waals surface area contributed by atoms with Crippen LogP contribution in [0.5, 0.6) is 0 Å². The van der Waals surface area contributed by atoms with Gasteiger partial charge in [-0.05, 0) is 49.9 Å². The lowest BCUT2D eigenvalue weighted by molar-refractivity contribution is 0.707. The molecule has 0 radical (unpaired) electrons. The fraction of sp³-hybridized carbons (Fsp3) is 0.500. The molecular weight excluding hydrogens is 204 g/mol. The summed E-state index contributed by atoms with van der Waals surface area (Å²) in [5.74, 6) is 0. The van der Waals surface area contributed by atoms with Crippen molar-refractivity contribution in [2.45, 2.75) is 24.2 Å². The fourth-order valence-electron chi connectivity index (χ4n) is 1.39. The van der Waals surface area contributed by atoms with E-state index in [-0.39, 0.29) is 0 Å². The summed E-state index contributed by atoms with van der Waals surface area (Å²) in [6, 6.07) is 8.56. The van der Waals surface area contributed by atoms with Crippen LogP contribution >= 0.6 is 11.8 Å². The van der Waals surface area contributed by atoms with Gasteiger partial charge in [-0.2, -0.15) is 0 Å². The Hall–Kier alpha value is -0.670. The summed E-state index contributed by atoms with van der Waals surface area (Å²) in [6.45, 7) is 1.85. The molecule has 1 rings (SSSR count). The Labute approximate surface area is 96.6 Å². The van der Waals surface area contributed by atoms with Gasteiger partial charge in [0, 0.05) is 17.1 Å². The maximum Gasteiger partial charge on any atom is 0.0340 e. The standard InChI is InChI=1S/C12H20N2S/c1-15-12-7-5-11(6-8-12)14-10-4-2-3-9-13/h5-8,14H,2-4,9-10,13H2,1H3. The molecule has 0 aromatic heterocycles. The van der Waals surface area contributed by atoms with E-state index >= 15 is 0 Å². The molecule has 3 heteroatoms. The molecule has 0 saturated heterocycles. The minimum atomic E-state index is 0.808. The number of hydrogen-bond acceptors (Lipinski definition) is 3. The van der Waals surface area contributed by atoms with Crippen molar-refractivity contribution >= 4 is 17.4 Å². The van der Waals surface area contributed by atoms with E-state index in [0.717, 1.165) is 19.5 Å². The number of hydrogen-bond donors (Lipinski definition) is 2. The van der Waals surface area contributed by atoms with Gasteiger partial charge in [-0.1, -0.05) is 6.42 Å². The van der Waals surface area contributed by atoms with E-state index in [2.05, 4.69) is 35.8 Å². The Kier molecular flexibility index (Phi) is 6.28. The first-order valence-electron chi connectivity index (χ1n) is 5.45. The van der Waals surface area contributed by atoms with Gasteiger partial charge in [0.25, 0.3) is 0 Å². The normalized spacial score (nSPS) is 10.3. The predicted octanol–water partition coefficient (Wildman–Crippen LogP) is 2.95. The van der Waals surface area contributed by atoms with Crippen LogP contribution in [0.2, 0.25) is 0 Å². The summed E-state index contributed by atoms with van der Waals surface area (Å²) in [7, 11) is 0. The van der Waals surface area contributed by atoms with E-state index in [1.807, 2.05) is 0 Å². The molecule has 1 aromatic carbocycles. The molecular formula is C12H20N2S. The van der Waals surface area contributed by atoms with Crippen molar-refractivity contribution in [2.75, 3.05) is 24.7 Å². The van der Waals surface area contributed by atoms with Gasteiger partial charge in [-0.25, -0.2) is 0 Å². The van der Waals surface area contributed by atoms with Gasteiger partial charge in [0.2, 0.25) is 0 Å². The number of nitrogens with one attached hydrogen (secondary N) is 1. The third kappa shape index (κ3) is 5.09. The van der Waals surface area contributed by atoms with Crippen molar-refractivity contribution < 1.29 is 0 Å². The van der Waals surface area contributed by atoms with Crippen LogP contribution < -0.4 is 11.1 Å². The second-order valence-electron chi connectivity index (χ2n) is 3.50. The summed E-state index contributed by atoms with van der Waals surface area (Å²) in [6.07, 6.45) is 5.64. The maximum atomic E-state index is 5.43. The highest BCUT2D eigenvalue weighted by molar-refractivity contribution is 7.98. The minimum absolute atomic E-state index is 0.808. The average Bonchev–Trinajstić information content (AvgIpc) is 2.30. The molecule has 0 saturated carbocycles. The van der Waals surface area contributed by atoms with Gasteiger partial charge < -0.3 is 11.1 Å². The van der Waals surface area contributed by atoms with Gasteiger partial charge in [0.05, 0.1) is 0 Å². The Morgan fingerprint density at radius 1 is 1.13 bits per heavy atom. The fourth-order valence-corrected chi connectivity index (χ4v) is 1.80. The van der Waals surface area contributed by atoms with Crippen LogP contribution in [0.15, 0.2) is 29.2 Å². The second-order valence-corrected chi connectivity index (χ2v) is 4.38. The third-order valence-corrected chi connectivity index (χ3v) is 3.04. The molecule has 15 heavy (non-hydrogen) atoms. The highest BCUT2D eigenvalue weighted by atomic mass is 32.2. The first kappa shape index (κ1) is 12.4. The number of nitrogens with two attached hydrogens (primary N) is 1. The van der Waals surface area contributed by atoms with Gasteiger partial charge in [-0.15, -0.1) is 11.8 Å². The van der Waals surface area contributed by atoms with Crippen LogP contribution in [0, 0.1) is 0 Å². The third-order valence-electron chi connectivity index (χ3n) is 2.30. The molecule has 0 amide bonds. The van der Waals surface area contributed by atoms with E-state index in [9.17, 15) is 0 Å². The van der Waals surface area contributed by atoms with Crippen molar-refractivity contribution in [3.8, 4) is 0 Å². The Morgan fingerprint density at radius 3 is 2.47 bits per heavy atom. The molecule has 2 nitrogen and oxygen atoms in total. The van der Waals surface area contributed by atoms with Crippen molar-refractivity contribution in [1.29, 1.82) is 0 Å². The van der Waals surface area contributed by atoms with Gasteiger partial charge in [0.1, 0.15) is 0 Å². The predicted molar refractivity (Wildman–Crippen MR) is 69.6 cm³/mol. The SMILES string of the molecule is CSc1ccc(NCCCCCN)cc1. The monoisotopic (exact) mass is 224 g/mol. The lowest BCUT2D eigenvalue weighted by Crippen LogP contribution is -2.03. The van der Waals surface area contributed by atoms with Crippen LogP contribution in [-0.2, 0) is 0 Å². The minimum Gasteiger partial charge on any atom is -0.385 e. The summed E-state index contributed by atoms with van der Waals surface area (Å²) >= 11 is 1.77. The van der Waals surface area contributed by atoms with Crippen LogP contribution in [-0.4, -0.2) is 19.3 Å². The summed E-state index contributed by atoms with van der Waals surface area (Å²) in [4.78, 5) is 1.31. The maximum absolute atomic E-state index is 5.43. The lowest BCUT2D eigenvalue weighted by atomic mass is 10.2. The van der Waals surface area contributed by atoms with Crippen molar-refractivity contribution in [3.63, 3.8) is 0 Å². The van der Waals surface area contributed by atoms with Crippen LogP contribution in [0.25, 0.3) is 0 Å². The van der Waals surface area contributed by atoms with Crippen molar-refractivity contribution in [3.05, 3.63) is 24.3 Å². The van der Waals surface area contributed by atoms with E-state index in [4.69, 9.17) is 5.73 Å². The largest absolute Gasteiger partial charge is 0.385 e. The Bertz CT molecular complexity index is 259. The lowest BCUT2D eigenvalue weighted by Gasteiger charge is -2.06. The average molecular weight is 224 g/mol. The van der Waals surface area contributed by atoms with E-state index < -0.39 is 0 Å². The smallest absolute Gasteiger partial charge is 0.0340 e. The van der Waals surface area contributed by atoms with Crippen molar-refractivity contribution in [1.82, 2.24) is 0 Å². The number of thioether (sulfide) groups is 1. The van der Waals surface area contributed by atoms with Crippen molar-refractivity contribution in [2.24, 2.45) is 5.73 Å². The van der Waals surface area contributed by atoms with Gasteiger partial charge in [-0.3, -0.25) is 0 Å². The zero-order chi connectivity index (χ0) is 10.9. The molecule has 0 aliphatic rings. The molecule has 0 unspecified atom stereocenters. The molecule has 0 bridgehead atoms. The van der Waals surface area contributed by atoms with Gasteiger partial charge in [0.15, 0.2) is 0 Å². The van der Waals surface area contributed by atoms with E-state index in [0.29, 0.717) is 0 Å². The number of benzene rings is 1. The van der Waals surface area contributed by atoms with Crippen LogP contribution in [0.3, 0.4) is 0 Å². The Morgan fingerprint density at radius 2 is 1.87 bits per heavy atom. The number of rotatable bonds is 7. The topological polar surface area (TPSA) is 38.0 Å². The molecule has 0 spiro atoms. The molecule has 1 aromatic rings. The quantitative estimate of drug-likeness (QED) is 0.552. The molecule has 0 fully saturated rings. The molecule has 84 valence electrons. The zero-order valence-electron chi connectivity index (χ0n) is 9.33. The van der Waals surface area contributed by atoms with Gasteiger partial charge >= 0.3 is 0 Å². The zero-order valence-corrected chi connectivity index (χ0v) is 10.1. The van der Waals surface area contributed by atoms with E-state index in [1.54, 1.807) is 11.8 Å². The molecule has 0 aliphatic carbocycles. The van der Waals surface area contributed by atoms with Crippen LogP contribution in [0.1, 0.15) is 19.3 Å². The summed E-state index contributed by atoms with van der Waals surface area (Å²) in [5.41, 5.74) is 6.64. The molecule has 0 aliphatic heterocycles. The highest BCUT2D eigenvalue weighted by Crippen LogP contribution is 2.17. The highest BCUT2D eigenvalue weighted by Gasteiger charge is 1.92. The van der Waals surface area contributed by atoms with E-state index in [1.165, 1.54) is 23.4 Å². The molecule has 3 N–H and O–H groups in total. The number of anilines is 1. The molecule has 0 atom stereocenters. The summed E-state index contributed by atoms with van der Waals surface area (Å²) < 4.78 is 0.